The lowest BCUT2D eigenvalue weighted by molar-refractivity contribution is 0.254. The van der Waals surface area contributed by atoms with Crippen LogP contribution in [0.15, 0.2) is 53.5 Å². The zero-order valence-electron chi connectivity index (χ0n) is 16.2. The van der Waals surface area contributed by atoms with Crippen LogP contribution in [0.3, 0.4) is 0 Å². The summed E-state index contributed by atoms with van der Waals surface area (Å²) in [4.78, 5) is 19.4. The lowest BCUT2D eigenvalue weighted by atomic mass is 10.0. The predicted molar refractivity (Wildman–Crippen MR) is 111 cm³/mol. The standard InChI is InChI=1S/C22H26ClN3O/c1-4-11-25(13-17-5-7-18(8-6-17)16(2)3)15-20-12-22(27)26-14-19(23)9-10-21(26)24-20/h5-10,12,14,16H,4,11,13,15H2,1-3H3. The molecular weight excluding hydrogens is 358 g/mol. The average Bonchev–Trinajstić information content (AvgIpc) is 2.63. The van der Waals surface area contributed by atoms with Crippen molar-refractivity contribution in [3.8, 4) is 0 Å². The van der Waals surface area contributed by atoms with E-state index in [2.05, 4.69) is 54.9 Å². The van der Waals surface area contributed by atoms with E-state index >= 15 is 0 Å². The van der Waals surface area contributed by atoms with Gasteiger partial charge in [-0.2, -0.15) is 0 Å². The molecule has 3 aromatic rings. The lowest BCUT2D eigenvalue weighted by Crippen LogP contribution is -2.26. The number of halogens is 1. The molecule has 0 aliphatic rings. The smallest absolute Gasteiger partial charge is 0.258 e. The average molecular weight is 384 g/mol. The fourth-order valence-electron chi connectivity index (χ4n) is 3.23. The van der Waals surface area contributed by atoms with Crippen molar-refractivity contribution in [3.63, 3.8) is 0 Å². The molecule has 142 valence electrons. The Morgan fingerprint density at radius 1 is 1.11 bits per heavy atom. The van der Waals surface area contributed by atoms with Crippen molar-refractivity contribution in [2.24, 2.45) is 0 Å². The maximum Gasteiger partial charge on any atom is 0.258 e. The Kier molecular flexibility index (Phi) is 6.30. The molecule has 2 aromatic heterocycles. The summed E-state index contributed by atoms with van der Waals surface area (Å²) in [6, 6.07) is 13.9. The Bertz CT molecular complexity index is 963. The quantitative estimate of drug-likeness (QED) is 0.583. The van der Waals surface area contributed by atoms with Crippen LogP contribution >= 0.6 is 11.6 Å². The molecule has 3 rings (SSSR count). The molecule has 0 unspecified atom stereocenters. The second kappa shape index (κ2) is 8.68. The molecule has 27 heavy (non-hydrogen) atoms. The maximum atomic E-state index is 12.4. The normalized spacial score (nSPS) is 11.6. The molecule has 0 aliphatic heterocycles. The van der Waals surface area contributed by atoms with Crippen LogP contribution in [-0.2, 0) is 13.1 Å². The summed E-state index contributed by atoms with van der Waals surface area (Å²) in [5, 5.41) is 0.525. The van der Waals surface area contributed by atoms with Gasteiger partial charge in [0.15, 0.2) is 0 Å². The van der Waals surface area contributed by atoms with Crippen molar-refractivity contribution in [1.82, 2.24) is 14.3 Å². The highest BCUT2D eigenvalue weighted by Gasteiger charge is 2.10. The van der Waals surface area contributed by atoms with E-state index in [1.54, 1.807) is 24.4 Å². The van der Waals surface area contributed by atoms with E-state index in [0.29, 0.717) is 23.1 Å². The second-order valence-electron chi connectivity index (χ2n) is 7.27. The summed E-state index contributed by atoms with van der Waals surface area (Å²) in [5.41, 5.74) is 3.94. The Balaban J connectivity index is 1.80. The van der Waals surface area contributed by atoms with Gasteiger partial charge >= 0.3 is 0 Å². The molecule has 0 aliphatic carbocycles. The van der Waals surface area contributed by atoms with Gasteiger partial charge in [-0.3, -0.25) is 14.1 Å². The van der Waals surface area contributed by atoms with Gasteiger partial charge in [0, 0.05) is 25.4 Å². The largest absolute Gasteiger partial charge is 0.293 e. The zero-order chi connectivity index (χ0) is 19.4. The zero-order valence-corrected chi connectivity index (χ0v) is 16.9. The van der Waals surface area contributed by atoms with Gasteiger partial charge in [-0.15, -0.1) is 0 Å². The third kappa shape index (κ3) is 4.96. The minimum Gasteiger partial charge on any atom is -0.293 e. The molecule has 0 N–H and O–H groups in total. The number of aromatic nitrogens is 2. The van der Waals surface area contributed by atoms with Crippen LogP contribution in [0.2, 0.25) is 5.02 Å². The molecule has 0 saturated carbocycles. The summed E-state index contributed by atoms with van der Waals surface area (Å²) in [5.74, 6) is 0.536. The molecule has 0 amide bonds. The van der Waals surface area contributed by atoms with E-state index in [1.165, 1.54) is 15.5 Å². The van der Waals surface area contributed by atoms with Crippen molar-refractivity contribution >= 4 is 17.2 Å². The molecule has 0 fully saturated rings. The van der Waals surface area contributed by atoms with Crippen LogP contribution in [-0.4, -0.2) is 20.8 Å². The van der Waals surface area contributed by atoms with Gasteiger partial charge < -0.3 is 0 Å². The van der Waals surface area contributed by atoms with Crippen LogP contribution in [0.25, 0.3) is 5.65 Å². The van der Waals surface area contributed by atoms with Gasteiger partial charge in [0.25, 0.3) is 5.56 Å². The molecule has 0 atom stereocenters. The first kappa shape index (κ1) is 19.6. The summed E-state index contributed by atoms with van der Waals surface area (Å²) >= 11 is 5.98. The van der Waals surface area contributed by atoms with Crippen LogP contribution < -0.4 is 5.56 Å². The lowest BCUT2D eigenvalue weighted by Gasteiger charge is -2.22. The van der Waals surface area contributed by atoms with E-state index in [4.69, 9.17) is 11.6 Å². The van der Waals surface area contributed by atoms with E-state index in [1.807, 2.05) is 0 Å². The van der Waals surface area contributed by atoms with Crippen molar-refractivity contribution in [1.29, 1.82) is 0 Å². The highest BCUT2D eigenvalue weighted by Crippen LogP contribution is 2.17. The van der Waals surface area contributed by atoms with Crippen molar-refractivity contribution in [2.75, 3.05) is 6.54 Å². The Hall–Kier alpha value is -2.17. The van der Waals surface area contributed by atoms with Crippen LogP contribution in [0.4, 0.5) is 0 Å². The monoisotopic (exact) mass is 383 g/mol. The van der Waals surface area contributed by atoms with E-state index in [-0.39, 0.29) is 5.56 Å². The number of hydrogen-bond acceptors (Lipinski definition) is 3. The number of pyridine rings is 1. The van der Waals surface area contributed by atoms with E-state index in [9.17, 15) is 4.79 Å². The van der Waals surface area contributed by atoms with Gasteiger partial charge in [0.2, 0.25) is 0 Å². The number of rotatable bonds is 7. The predicted octanol–water partition coefficient (Wildman–Crippen LogP) is 4.88. The molecule has 0 spiro atoms. The molecule has 2 heterocycles. The van der Waals surface area contributed by atoms with Crippen molar-refractivity contribution < 1.29 is 0 Å². The third-order valence-corrected chi connectivity index (χ3v) is 4.88. The maximum absolute atomic E-state index is 12.4. The summed E-state index contributed by atoms with van der Waals surface area (Å²) in [6.45, 7) is 9.01. The second-order valence-corrected chi connectivity index (χ2v) is 7.70. The first-order valence-electron chi connectivity index (χ1n) is 9.45. The van der Waals surface area contributed by atoms with E-state index < -0.39 is 0 Å². The fraction of sp³-hybridized carbons (Fsp3) is 0.364. The highest BCUT2D eigenvalue weighted by atomic mass is 35.5. The van der Waals surface area contributed by atoms with Crippen LogP contribution in [0.1, 0.15) is 49.9 Å². The number of benzene rings is 1. The topological polar surface area (TPSA) is 37.6 Å². The van der Waals surface area contributed by atoms with Crippen LogP contribution in [0.5, 0.6) is 0 Å². The molecule has 0 bridgehead atoms. The first-order valence-corrected chi connectivity index (χ1v) is 9.83. The molecular formula is C22H26ClN3O. The molecule has 1 aromatic carbocycles. The van der Waals surface area contributed by atoms with Crippen LogP contribution in [0, 0.1) is 0 Å². The molecule has 0 saturated heterocycles. The third-order valence-electron chi connectivity index (χ3n) is 4.65. The minimum atomic E-state index is -0.102. The van der Waals surface area contributed by atoms with Crippen molar-refractivity contribution in [2.45, 2.75) is 46.2 Å². The van der Waals surface area contributed by atoms with Gasteiger partial charge in [0.1, 0.15) is 5.65 Å². The Morgan fingerprint density at radius 3 is 2.52 bits per heavy atom. The highest BCUT2D eigenvalue weighted by molar-refractivity contribution is 6.30. The summed E-state index contributed by atoms with van der Waals surface area (Å²) in [6.07, 6.45) is 2.66. The molecule has 4 nitrogen and oxygen atoms in total. The summed E-state index contributed by atoms with van der Waals surface area (Å²) in [7, 11) is 0. The number of hydrogen-bond donors (Lipinski definition) is 0. The Labute approximate surface area is 165 Å². The van der Waals surface area contributed by atoms with Gasteiger partial charge in [-0.1, -0.05) is 56.6 Å². The Morgan fingerprint density at radius 2 is 1.85 bits per heavy atom. The number of nitrogens with zero attached hydrogens (tertiary/aromatic N) is 3. The van der Waals surface area contributed by atoms with E-state index in [0.717, 1.165) is 25.2 Å². The molecule has 0 radical (unpaired) electrons. The fourth-order valence-corrected chi connectivity index (χ4v) is 3.39. The first-order chi connectivity index (χ1) is 13.0. The van der Waals surface area contributed by atoms with Gasteiger partial charge in [-0.05, 0) is 42.1 Å². The summed E-state index contributed by atoms with van der Waals surface area (Å²) < 4.78 is 1.49. The minimum absolute atomic E-state index is 0.102. The van der Waals surface area contributed by atoms with Gasteiger partial charge in [0.05, 0.1) is 10.7 Å². The number of fused-ring (bicyclic) bond motifs is 1. The van der Waals surface area contributed by atoms with Gasteiger partial charge in [-0.25, -0.2) is 4.98 Å². The van der Waals surface area contributed by atoms with Crippen molar-refractivity contribution in [3.05, 3.63) is 80.9 Å². The molecule has 5 heteroatoms. The SMILES string of the molecule is CCCN(Cc1ccc(C(C)C)cc1)Cc1cc(=O)n2cc(Cl)ccc2n1.